The zero-order valence-corrected chi connectivity index (χ0v) is 49.0. The SMILES string of the molecule is CCCCCCCCCC/C=C\CCCCCCCCCCCC(=O)OCC(COC(=O)CCCCCCCCCCCCCCCCC)OC(=O)CCCCCCCCCCCCCCCCCCCC. The Hall–Kier alpha value is -1.85. The molecular weight excluding hydrogens is 889 g/mol. The van der Waals surface area contributed by atoms with Crippen molar-refractivity contribution >= 4 is 17.9 Å². The van der Waals surface area contributed by atoms with Gasteiger partial charge in [0.05, 0.1) is 0 Å². The maximum atomic E-state index is 12.9. The molecule has 0 bridgehead atoms. The van der Waals surface area contributed by atoms with Gasteiger partial charge in [-0.2, -0.15) is 0 Å². The van der Waals surface area contributed by atoms with Crippen molar-refractivity contribution in [2.24, 2.45) is 0 Å². The molecule has 0 saturated heterocycles. The molecule has 0 rings (SSSR count). The number of ether oxygens (including phenoxy) is 3. The summed E-state index contributed by atoms with van der Waals surface area (Å²) in [5.41, 5.74) is 0. The number of allylic oxidation sites excluding steroid dienone is 2. The van der Waals surface area contributed by atoms with E-state index in [2.05, 4.69) is 32.9 Å². The lowest BCUT2D eigenvalue weighted by atomic mass is 10.0. The second-order valence-corrected chi connectivity index (χ2v) is 22.4. The number of unbranched alkanes of at least 4 members (excludes halogenated alkanes) is 48. The van der Waals surface area contributed by atoms with Gasteiger partial charge in [0, 0.05) is 19.3 Å². The largest absolute Gasteiger partial charge is 0.462 e. The molecule has 0 aliphatic rings. The molecule has 0 radical (unpaired) electrons. The van der Waals surface area contributed by atoms with Crippen LogP contribution in [0.3, 0.4) is 0 Å². The highest BCUT2D eigenvalue weighted by molar-refractivity contribution is 5.71. The van der Waals surface area contributed by atoms with Crippen LogP contribution in [0, 0.1) is 0 Å². The predicted molar refractivity (Wildman–Crippen MR) is 312 cm³/mol. The van der Waals surface area contributed by atoms with Crippen molar-refractivity contribution < 1.29 is 28.6 Å². The fourth-order valence-corrected chi connectivity index (χ4v) is 10.1. The summed E-state index contributed by atoms with van der Waals surface area (Å²) in [7, 11) is 0. The lowest BCUT2D eigenvalue weighted by Crippen LogP contribution is -2.30. The Balaban J connectivity index is 4.28. The van der Waals surface area contributed by atoms with Crippen molar-refractivity contribution in [2.75, 3.05) is 13.2 Å². The standard InChI is InChI=1S/C66H126O6/c1-4-7-10-13-16-19-22-25-28-30-32-33-34-36-38-41-44-47-50-53-56-59-65(68)71-62-63(61-70-64(67)58-55-52-49-46-43-40-37-27-24-21-18-15-12-9-6-3)72-66(69)60-57-54-51-48-45-42-39-35-31-29-26-23-20-17-14-11-8-5-2/h30,32,63H,4-29,31,33-62H2,1-3H3/b32-30-. The number of carbonyl (C=O) groups is 3. The van der Waals surface area contributed by atoms with Crippen molar-refractivity contribution in [3.05, 3.63) is 12.2 Å². The van der Waals surface area contributed by atoms with Crippen molar-refractivity contribution in [1.29, 1.82) is 0 Å². The van der Waals surface area contributed by atoms with E-state index >= 15 is 0 Å². The smallest absolute Gasteiger partial charge is 0.306 e. The number of esters is 3. The van der Waals surface area contributed by atoms with E-state index in [0.29, 0.717) is 19.3 Å². The minimum absolute atomic E-state index is 0.0637. The number of hydrogen-bond acceptors (Lipinski definition) is 6. The van der Waals surface area contributed by atoms with Crippen molar-refractivity contribution in [2.45, 2.75) is 380 Å². The van der Waals surface area contributed by atoms with E-state index in [1.54, 1.807) is 0 Å². The summed E-state index contributed by atoms with van der Waals surface area (Å²) < 4.78 is 17.0. The maximum Gasteiger partial charge on any atom is 0.306 e. The molecule has 6 nitrogen and oxygen atoms in total. The molecule has 0 aromatic rings. The first-order chi connectivity index (χ1) is 35.5. The van der Waals surface area contributed by atoms with Crippen LogP contribution in [0.25, 0.3) is 0 Å². The Kier molecular flexibility index (Phi) is 60.1. The first kappa shape index (κ1) is 70.1. The molecule has 1 unspecified atom stereocenters. The van der Waals surface area contributed by atoms with Crippen molar-refractivity contribution in [3.8, 4) is 0 Å². The third-order valence-electron chi connectivity index (χ3n) is 15.0. The van der Waals surface area contributed by atoms with Gasteiger partial charge in [-0.1, -0.05) is 322 Å². The van der Waals surface area contributed by atoms with Gasteiger partial charge in [-0.15, -0.1) is 0 Å². The van der Waals surface area contributed by atoms with Gasteiger partial charge in [-0.25, -0.2) is 0 Å². The molecule has 0 fully saturated rings. The second-order valence-electron chi connectivity index (χ2n) is 22.4. The molecule has 426 valence electrons. The quantitative estimate of drug-likeness (QED) is 0.0261. The molecule has 6 heteroatoms. The van der Waals surface area contributed by atoms with Gasteiger partial charge in [-0.3, -0.25) is 14.4 Å². The molecule has 1 atom stereocenters. The van der Waals surface area contributed by atoms with Crippen LogP contribution in [0.15, 0.2) is 12.2 Å². The normalized spacial score (nSPS) is 12.0. The number of hydrogen-bond donors (Lipinski definition) is 0. The summed E-state index contributed by atoms with van der Waals surface area (Å²) in [5.74, 6) is -0.833. The molecular formula is C66H126O6. The summed E-state index contributed by atoms with van der Waals surface area (Å²) in [4.78, 5) is 38.3. The van der Waals surface area contributed by atoms with Crippen LogP contribution in [0.4, 0.5) is 0 Å². The highest BCUT2D eigenvalue weighted by Gasteiger charge is 2.19. The highest BCUT2D eigenvalue weighted by atomic mass is 16.6. The number of carbonyl (C=O) groups excluding carboxylic acids is 3. The van der Waals surface area contributed by atoms with Crippen LogP contribution in [-0.2, 0) is 28.6 Å². The lowest BCUT2D eigenvalue weighted by Gasteiger charge is -2.18. The van der Waals surface area contributed by atoms with Crippen LogP contribution in [0.5, 0.6) is 0 Å². The second kappa shape index (κ2) is 61.7. The molecule has 0 spiro atoms. The summed E-state index contributed by atoms with van der Waals surface area (Å²) >= 11 is 0. The molecule has 0 aliphatic carbocycles. The molecule has 0 saturated carbocycles. The molecule has 0 aromatic carbocycles. The minimum atomic E-state index is -0.766. The maximum absolute atomic E-state index is 12.9. The van der Waals surface area contributed by atoms with E-state index in [9.17, 15) is 14.4 Å². The Morgan fingerprint density at radius 2 is 0.458 bits per heavy atom. The van der Waals surface area contributed by atoms with Gasteiger partial charge in [0.25, 0.3) is 0 Å². The molecule has 72 heavy (non-hydrogen) atoms. The Bertz CT molecular complexity index is 1120. The monoisotopic (exact) mass is 1010 g/mol. The van der Waals surface area contributed by atoms with Gasteiger partial charge in [0.2, 0.25) is 0 Å². The van der Waals surface area contributed by atoms with Crippen molar-refractivity contribution in [1.82, 2.24) is 0 Å². The third-order valence-corrected chi connectivity index (χ3v) is 15.0. The van der Waals surface area contributed by atoms with Crippen LogP contribution < -0.4 is 0 Å². The molecule has 0 aliphatic heterocycles. The van der Waals surface area contributed by atoms with Crippen molar-refractivity contribution in [3.63, 3.8) is 0 Å². The Morgan fingerprint density at radius 1 is 0.264 bits per heavy atom. The summed E-state index contributed by atoms with van der Waals surface area (Å²) in [6.07, 6.45) is 72.2. The molecule has 0 N–H and O–H groups in total. The van der Waals surface area contributed by atoms with Gasteiger partial charge in [0.1, 0.15) is 13.2 Å². The summed E-state index contributed by atoms with van der Waals surface area (Å²) in [6, 6.07) is 0. The topological polar surface area (TPSA) is 78.9 Å². The first-order valence-electron chi connectivity index (χ1n) is 32.7. The van der Waals surface area contributed by atoms with E-state index in [1.807, 2.05) is 0 Å². The van der Waals surface area contributed by atoms with Gasteiger partial charge < -0.3 is 14.2 Å². The highest BCUT2D eigenvalue weighted by Crippen LogP contribution is 2.18. The average molecular weight is 1020 g/mol. The zero-order valence-electron chi connectivity index (χ0n) is 49.0. The average Bonchev–Trinajstić information content (AvgIpc) is 3.38. The molecule has 0 heterocycles. The third kappa shape index (κ3) is 59.0. The molecule has 0 amide bonds. The lowest BCUT2D eigenvalue weighted by molar-refractivity contribution is -0.167. The minimum Gasteiger partial charge on any atom is -0.462 e. The predicted octanol–water partition coefficient (Wildman–Crippen LogP) is 22.1. The van der Waals surface area contributed by atoms with E-state index in [4.69, 9.17) is 14.2 Å². The van der Waals surface area contributed by atoms with Gasteiger partial charge in [-0.05, 0) is 44.9 Å². The molecule has 0 aromatic heterocycles. The fourth-order valence-electron chi connectivity index (χ4n) is 10.1. The zero-order chi connectivity index (χ0) is 52.2. The van der Waals surface area contributed by atoms with E-state index < -0.39 is 6.10 Å². The fraction of sp³-hybridized carbons (Fsp3) is 0.924. The van der Waals surface area contributed by atoms with Crippen LogP contribution in [0.2, 0.25) is 0 Å². The number of rotatable bonds is 61. The van der Waals surface area contributed by atoms with Crippen LogP contribution in [-0.4, -0.2) is 37.2 Å². The van der Waals surface area contributed by atoms with Gasteiger partial charge >= 0.3 is 17.9 Å². The van der Waals surface area contributed by atoms with Gasteiger partial charge in [0.15, 0.2) is 6.10 Å². The van der Waals surface area contributed by atoms with E-state index in [1.165, 1.54) is 276 Å². The Labute approximate surface area is 450 Å². The summed E-state index contributed by atoms with van der Waals surface area (Å²) in [5, 5.41) is 0. The van der Waals surface area contributed by atoms with Crippen LogP contribution >= 0.6 is 0 Å². The van der Waals surface area contributed by atoms with E-state index in [-0.39, 0.29) is 31.1 Å². The first-order valence-corrected chi connectivity index (χ1v) is 32.7. The Morgan fingerprint density at radius 3 is 0.694 bits per heavy atom. The van der Waals surface area contributed by atoms with Crippen LogP contribution in [0.1, 0.15) is 374 Å². The van der Waals surface area contributed by atoms with E-state index in [0.717, 1.165) is 57.8 Å². The summed E-state index contributed by atoms with van der Waals surface area (Å²) in [6.45, 7) is 6.72.